The third kappa shape index (κ3) is 2.50. The Bertz CT molecular complexity index is 145. The van der Waals surface area contributed by atoms with Crippen LogP contribution in [0.25, 0.3) is 0 Å². The second-order valence-electron chi connectivity index (χ2n) is 2.77. The van der Waals surface area contributed by atoms with Crippen LogP contribution in [0, 0.1) is 0 Å². The van der Waals surface area contributed by atoms with Gasteiger partial charge in [0.2, 0.25) is 0 Å². The maximum atomic E-state index is 5.51. The third-order valence-corrected chi connectivity index (χ3v) is 1.82. The molecule has 3 nitrogen and oxygen atoms in total. The molecule has 64 valence electrons. The third-order valence-electron chi connectivity index (χ3n) is 1.82. The summed E-state index contributed by atoms with van der Waals surface area (Å²) in [7, 11) is 0. The van der Waals surface area contributed by atoms with Crippen LogP contribution >= 0.6 is 0 Å². The minimum absolute atomic E-state index is 0.336. The Morgan fingerprint density at radius 2 is 2.55 bits per heavy atom. The summed E-state index contributed by atoms with van der Waals surface area (Å²) in [6.45, 7) is 3.68. The standard InChI is InChI=1S/C8H16N2O/c1-2-7-6-10-8(11-7)4-3-5-9/h7H,2-6,9H2,1H3. The van der Waals surface area contributed by atoms with Gasteiger partial charge in [0, 0.05) is 6.42 Å². The Morgan fingerprint density at radius 3 is 3.09 bits per heavy atom. The highest BCUT2D eigenvalue weighted by Crippen LogP contribution is 2.10. The maximum Gasteiger partial charge on any atom is 0.183 e. The fourth-order valence-corrected chi connectivity index (χ4v) is 1.07. The average molecular weight is 156 g/mol. The van der Waals surface area contributed by atoms with Crippen molar-refractivity contribution in [3.05, 3.63) is 0 Å². The smallest absolute Gasteiger partial charge is 0.183 e. The lowest BCUT2D eigenvalue weighted by Gasteiger charge is -2.07. The molecule has 0 radical (unpaired) electrons. The first-order chi connectivity index (χ1) is 5.36. The van der Waals surface area contributed by atoms with Gasteiger partial charge < -0.3 is 10.5 Å². The lowest BCUT2D eigenvalue weighted by Crippen LogP contribution is -2.12. The quantitative estimate of drug-likeness (QED) is 0.658. The van der Waals surface area contributed by atoms with Gasteiger partial charge in [-0.1, -0.05) is 6.92 Å². The average Bonchev–Trinajstić information content (AvgIpc) is 2.48. The highest BCUT2D eigenvalue weighted by atomic mass is 16.5. The highest BCUT2D eigenvalue weighted by molar-refractivity contribution is 5.77. The van der Waals surface area contributed by atoms with E-state index in [0.717, 1.165) is 38.2 Å². The molecule has 0 aromatic rings. The van der Waals surface area contributed by atoms with E-state index in [1.165, 1.54) is 0 Å². The van der Waals surface area contributed by atoms with Gasteiger partial charge in [-0.15, -0.1) is 0 Å². The number of rotatable bonds is 4. The molecule has 0 aliphatic carbocycles. The molecule has 0 aromatic heterocycles. The van der Waals surface area contributed by atoms with Crippen LogP contribution in [-0.4, -0.2) is 25.1 Å². The molecule has 1 aliphatic heterocycles. The van der Waals surface area contributed by atoms with E-state index in [0.29, 0.717) is 6.10 Å². The van der Waals surface area contributed by atoms with Gasteiger partial charge in [-0.2, -0.15) is 0 Å². The summed E-state index contributed by atoms with van der Waals surface area (Å²) in [5.74, 6) is 0.905. The zero-order chi connectivity index (χ0) is 8.10. The van der Waals surface area contributed by atoms with Gasteiger partial charge in [-0.3, -0.25) is 4.99 Å². The minimum Gasteiger partial charge on any atom is -0.476 e. The molecule has 1 rings (SSSR count). The van der Waals surface area contributed by atoms with Gasteiger partial charge in [-0.05, 0) is 19.4 Å². The first-order valence-corrected chi connectivity index (χ1v) is 4.27. The van der Waals surface area contributed by atoms with Gasteiger partial charge in [0.25, 0.3) is 0 Å². The van der Waals surface area contributed by atoms with E-state index in [1.54, 1.807) is 0 Å². The second kappa shape index (κ2) is 4.34. The predicted octanol–water partition coefficient (Wildman–Crippen LogP) is 0.933. The lowest BCUT2D eigenvalue weighted by molar-refractivity contribution is 0.214. The molecular weight excluding hydrogens is 140 g/mol. The van der Waals surface area contributed by atoms with Gasteiger partial charge in [0.1, 0.15) is 6.10 Å². The molecule has 0 aromatic carbocycles. The molecule has 3 heteroatoms. The summed E-state index contributed by atoms with van der Waals surface area (Å²) in [5.41, 5.74) is 5.36. The van der Waals surface area contributed by atoms with Crippen LogP contribution < -0.4 is 5.73 Å². The van der Waals surface area contributed by atoms with Gasteiger partial charge in [0.05, 0.1) is 6.54 Å². The second-order valence-corrected chi connectivity index (χ2v) is 2.77. The Balaban J connectivity index is 2.17. The molecule has 1 atom stereocenters. The largest absolute Gasteiger partial charge is 0.476 e. The van der Waals surface area contributed by atoms with Crippen molar-refractivity contribution in [2.24, 2.45) is 10.7 Å². The van der Waals surface area contributed by atoms with E-state index < -0.39 is 0 Å². The number of ether oxygens (including phenoxy) is 1. The van der Waals surface area contributed by atoms with E-state index >= 15 is 0 Å². The molecule has 0 fully saturated rings. The Kier molecular flexibility index (Phi) is 3.36. The first-order valence-electron chi connectivity index (χ1n) is 4.27. The summed E-state index contributed by atoms with van der Waals surface area (Å²) in [4.78, 5) is 4.26. The van der Waals surface area contributed by atoms with Crippen LogP contribution in [0.1, 0.15) is 26.2 Å². The molecule has 2 N–H and O–H groups in total. The molecular formula is C8H16N2O. The van der Waals surface area contributed by atoms with Gasteiger partial charge >= 0.3 is 0 Å². The van der Waals surface area contributed by atoms with Crippen LogP contribution in [0.2, 0.25) is 0 Å². The molecule has 0 saturated carbocycles. The van der Waals surface area contributed by atoms with E-state index in [2.05, 4.69) is 11.9 Å². The van der Waals surface area contributed by atoms with Crippen LogP contribution in [0.5, 0.6) is 0 Å². The fourth-order valence-electron chi connectivity index (χ4n) is 1.07. The van der Waals surface area contributed by atoms with Crippen molar-refractivity contribution in [1.29, 1.82) is 0 Å². The van der Waals surface area contributed by atoms with E-state index in [4.69, 9.17) is 10.5 Å². The van der Waals surface area contributed by atoms with Crippen molar-refractivity contribution in [2.75, 3.05) is 13.1 Å². The zero-order valence-corrected chi connectivity index (χ0v) is 7.05. The molecule has 0 saturated heterocycles. The zero-order valence-electron chi connectivity index (χ0n) is 7.05. The summed E-state index contributed by atoms with van der Waals surface area (Å²) in [6, 6.07) is 0. The monoisotopic (exact) mass is 156 g/mol. The van der Waals surface area contributed by atoms with Crippen LogP contribution in [0.4, 0.5) is 0 Å². The summed E-state index contributed by atoms with van der Waals surface area (Å²) in [5, 5.41) is 0. The van der Waals surface area contributed by atoms with Gasteiger partial charge in [0.15, 0.2) is 5.90 Å². The Labute approximate surface area is 67.6 Å². The molecule has 0 bridgehead atoms. The summed E-state index contributed by atoms with van der Waals surface area (Å²) < 4.78 is 5.51. The Morgan fingerprint density at radius 1 is 1.73 bits per heavy atom. The summed E-state index contributed by atoms with van der Waals surface area (Å²) >= 11 is 0. The molecule has 1 unspecified atom stereocenters. The van der Waals surface area contributed by atoms with Crippen molar-refractivity contribution in [1.82, 2.24) is 0 Å². The molecule has 0 amide bonds. The SMILES string of the molecule is CCC1CN=C(CCCN)O1. The predicted molar refractivity (Wildman–Crippen MR) is 45.8 cm³/mol. The topological polar surface area (TPSA) is 47.6 Å². The van der Waals surface area contributed by atoms with Crippen LogP contribution in [0.15, 0.2) is 4.99 Å². The first kappa shape index (κ1) is 8.53. The Hall–Kier alpha value is -0.570. The van der Waals surface area contributed by atoms with Crippen molar-refractivity contribution < 1.29 is 4.74 Å². The normalized spacial score (nSPS) is 23.1. The van der Waals surface area contributed by atoms with Crippen LogP contribution in [0.3, 0.4) is 0 Å². The van der Waals surface area contributed by atoms with E-state index in [-0.39, 0.29) is 0 Å². The number of hydrogen-bond donors (Lipinski definition) is 1. The van der Waals surface area contributed by atoms with E-state index in [9.17, 15) is 0 Å². The maximum absolute atomic E-state index is 5.51. The highest BCUT2D eigenvalue weighted by Gasteiger charge is 2.16. The van der Waals surface area contributed by atoms with Crippen molar-refractivity contribution in [2.45, 2.75) is 32.3 Å². The van der Waals surface area contributed by atoms with Crippen molar-refractivity contribution in [3.63, 3.8) is 0 Å². The molecule has 11 heavy (non-hydrogen) atoms. The lowest BCUT2D eigenvalue weighted by atomic mass is 10.3. The fraction of sp³-hybridized carbons (Fsp3) is 0.875. The van der Waals surface area contributed by atoms with E-state index in [1.807, 2.05) is 0 Å². The number of nitrogens with zero attached hydrogens (tertiary/aromatic N) is 1. The molecule has 1 aliphatic rings. The van der Waals surface area contributed by atoms with Crippen molar-refractivity contribution in [3.8, 4) is 0 Å². The summed E-state index contributed by atoms with van der Waals surface area (Å²) in [6.07, 6.45) is 3.28. The minimum atomic E-state index is 0.336. The number of nitrogens with two attached hydrogens (primary N) is 1. The van der Waals surface area contributed by atoms with Gasteiger partial charge in [-0.25, -0.2) is 0 Å². The molecule has 1 heterocycles. The molecule has 0 spiro atoms. The van der Waals surface area contributed by atoms with Crippen molar-refractivity contribution >= 4 is 5.90 Å². The number of aliphatic imine (C=N–C) groups is 1. The number of hydrogen-bond acceptors (Lipinski definition) is 3. The van der Waals surface area contributed by atoms with Crippen LogP contribution in [-0.2, 0) is 4.74 Å².